The fourth-order valence-corrected chi connectivity index (χ4v) is 2.51. The van der Waals surface area contributed by atoms with Crippen LogP contribution in [-0.4, -0.2) is 37.8 Å². The second kappa shape index (κ2) is 6.76. The number of ether oxygens (including phenoxy) is 2. The van der Waals surface area contributed by atoms with E-state index in [0.717, 1.165) is 44.9 Å². The van der Waals surface area contributed by atoms with Gasteiger partial charge in [-0.15, -0.1) is 0 Å². The molecule has 1 aromatic rings. The Labute approximate surface area is 110 Å². The third-order valence-electron chi connectivity index (χ3n) is 3.66. The van der Waals surface area contributed by atoms with Crippen molar-refractivity contribution in [3.05, 3.63) is 29.8 Å². The minimum Gasteiger partial charge on any atom is -0.497 e. The van der Waals surface area contributed by atoms with Gasteiger partial charge < -0.3 is 9.47 Å². The Bertz CT molecular complexity index is 344. The highest BCUT2D eigenvalue weighted by Gasteiger charge is 2.20. The second-order valence-corrected chi connectivity index (χ2v) is 4.75. The van der Waals surface area contributed by atoms with Crippen LogP contribution in [0.2, 0.25) is 0 Å². The number of methoxy groups -OCH3 is 1. The summed E-state index contributed by atoms with van der Waals surface area (Å²) in [6.45, 7) is 6.16. The summed E-state index contributed by atoms with van der Waals surface area (Å²) in [6.07, 6.45) is 2.31. The molecule has 3 nitrogen and oxygen atoms in total. The molecule has 100 valence electrons. The number of nitrogens with zero attached hydrogens (tertiary/aromatic N) is 1. The minimum atomic E-state index is 0.672. The molecule has 0 bridgehead atoms. The fraction of sp³-hybridized carbons (Fsp3) is 0.600. The van der Waals surface area contributed by atoms with Gasteiger partial charge in [-0.05, 0) is 37.1 Å². The van der Waals surface area contributed by atoms with E-state index in [2.05, 4.69) is 24.0 Å². The zero-order chi connectivity index (χ0) is 12.8. The molecular weight excluding hydrogens is 226 g/mol. The second-order valence-electron chi connectivity index (χ2n) is 4.75. The number of hydrogen-bond donors (Lipinski definition) is 0. The molecule has 2 rings (SSSR count). The Balaban J connectivity index is 1.95. The average molecular weight is 249 g/mol. The van der Waals surface area contributed by atoms with Crippen LogP contribution in [0.1, 0.15) is 25.3 Å². The first kappa shape index (κ1) is 13.4. The molecule has 0 aliphatic carbocycles. The molecular formula is C15H23NO2. The van der Waals surface area contributed by atoms with E-state index in [0.29, 0.717) is 6.04 Å². The maximum Gasteiger partial charge on any atom is 0.118 e. The van der Waals surface area contributed by atoms with E-state index in [1.54, 1.807) is 7.11 Å². The first-order valence-electron chi connectivity index (χ1n) is 6.78. The van der Waals surface area contributed by atoms with Crippen molar-refractivity contribution < 1.29 is 9.47 Å². The molecule has 0 radical (unpaired) electrons. The molecule has 3 heteroatoms. The van der Waals surface area contributed by atoms with Gasteiger partial charge in [-0.25, -0.2) is 0 Å². The predicted octanol–water partition coefficient (Wildman–Crippen LogP) is 2.70. The summed E-state index contributed by atoms with van der Waals surface area (Å²) in [7, 11) is 1.70. The molecule has 1 aliphatic heterocycles. The van der Waals surface area contributed by atoms with Crippen LogP contribution in [0.3, 0.4) is 0 Å². The monoisotopic (exact) mass is 249 g/mol. The van der Waals surface area contributed by atoms with Crippen LogP contribution in [0.5, 0.6) is 5.75 Å². The van der Waals surface area contributed by atoms with E-state index >= 15 is 0 Å². The molecule has 1 aromatic carbocycles. The third-order valence-corrected chi connectivity index (χ3v) is 3.66. The molecule has 0 saturated carbocycles. The van der Waals surface area contributed by atoms with Gasteiger partial charge in [0.15, 0.2) is 0 Å². The Kier molecular flexibility index (Phi) is 5.02. The predicted molar refractivity (Wildman–Crippen MR) is 72.9 cm³/mol. The van der Waals surface area contributed by atoms with Gasteiger partial charge in [0.05, 0.1) is 7.11 Å². The molecule has 0 aromatic heterocycles. The van der Waals surface area contributed by atoms with Gasteiger partial charge in [0.25, 0.3) is 0 Å². The zero-order valence-corrected chi connectivity index (χ0v) is 11.4. The summed E-state index contributed by atoms with van der Waals surface area (Å²) in [5.74, 6) is 0.924. The molecule has 0 N–H and O–H groups in total. The van der Waals surface area contributed by atoms with Gasteiger partial charge in [-0.1, -0.05) is 19.1 Å². The van der Waals surface area contributed by atoms with Crippen molar-refractivity contribution in [2.75, 3.05) is 26.9 Å². The van der Waals surface area contributed by atoms with E-state index in [-0.39, 0.29) is 0 Å². The average Bonchev–Trinajstić information content (AvgIpc) is 2.46. The van der Waals surface area contributed by atoms with E-state index in [1.165, 1.54) is 5.56 Å². The van der Waals surface area contributed by atoms with Gasteiger partial charge >= 0.3 is 0 Å². The summed E-state index contributed by atoms with van der Waals surface area (Å²) in [5.41, 5.74) is 1.35. The summed E-state index contributed by atoms with van der Waals surface area (Å²) < 4.78 is 10.6. The van der Waals surface area contributed by atoms with Crippen molar-refractivity contribution in [1.82, 2.24) is 4.90 Å². The summed E-state index contributed by atoms with van der Waals surface area (Å²) >= 11 is 0. The lowest BCUT2D eigenvalue weighted by molar-refractivity contribution is 0.0330. The molecule has 18 heavy (non-hydrogen) atoms. The number of hydrogen-bond acceptors (Lipinski definition) is 3. The van der Waals surface area contributed by atoms with Crippen LogP contribution < -0.4 is 4.74 Å². The Morgan fingerprint density at radius 3 is 2.44 bits per heavy atom. The Hall–Kier alpha value is -1.06. The van der Waals surface area contributed by atoms with Crippen molar-refractivity contribution in [3.8, 4) is 5.75 Å². The molecule has 1 aliphatic rings. The van der Waals surface area contributed by atoms with Crippen LogP contribution >= 0.6 is 0 Å². The van der Waals surface area contributed by atoms with Crippen molar-refractivity contribution >= 4 is 0 Å². The highest BCUT2D eigenvalue weighted by Crippen LogP contribution is 2.18. The lowest BCUT2D eigenvalue weighted by Gasteiger charge is -2.33. The first-order chi connectivity index (χ1) is 8.83. The van der Waals surface area contributed by atoms with Gasteiger partial charge in [0.2, 0.25) is 0 Å². The fourth-order valence-electron chi connectivity index (χ4n) is 2.51. The van der Waals surface area contributed by atoms with E-state index in [1.807, 2.05) is 12.1 Å². The quantitative estimate of drug-likeness (QED) is 0.801. The molecule has 1 fully saturated rings. The van der Waals surface area contributed by atoms with E-state index in [9.17, 15) is 0 Å². The first-order valence-corrected chi connectivity index (χ1v) is 6.78. The summed E-state index contributed by atoms with van der Waals surface area (Å²) in [6, 6.07) is 9.05. The summed E-state index contributed by atoms with van der Waals surface area (Å²) in [5, 5.41) is 0. The molecule has 1 saturated heterocycles. The Morgan fingerprint density at radius 2 is 1.89 bits per heavy atom. The van der Waals surface area contributed by atoms with Crippen LogP contribution in [0.4, 0.5) is 0 Å². The van der Waals surface area contributed by atoms with Crippen LogP contribution in [0.25, 0.3) is 0 Å². The Morgan fingerprint density at radius 1 is 1.22 bits per heavy atom. The molecule has 0 unspecified atom stereocenters. The van der Waals surface area contributed by atoms with Gasteiger partial charge in [0.1, 0.15) is 5.75 Å². The van der Waals surface area contributed by atoms with Gasteiger partial charge in [-0.3, -0.25) is 4.90 Å². The standard InChI is InChI=1S/C15H23NO2/c1-3-16(14-8-10-18-11-9-14)12-13-4-6-15(17-2)7-5-13/h4-7,14H,3,8-12H2,1-2H3. The zero-order valence-electron chi connectivity index (χ0n) is 11.4. The van der Waals surface area contributed by atoms with E-state index in [4.69, 9.17) is 9.47 Å². The molecule has 1 heterocycles. The number of rotatable bonds is 5. The lowest BCUT2D eigenvalue weighted by atomic mass is 10.1. The minimum absolute atomic E-state index is 0.672. The van der Waals surface area contributed by atoms with Crippen molar-refractivity contribution in [1.29, 1.82) is 0 Å². The van der Waals surface area contributed by atoms with Crippen LogP contribution in [0.15, 0.2) is 24.3 Å². The van der Waals surface area contributed by atoms with Gasteiger partial charge in [-0.2, -0.15) is 0 Å². The smallest absolute Gasteiger partial charge is 0.118 e. The maximum absolute atomic E-state index is 5.43. The highest BCUT2D eigenvalue weighted by molar-refractivity contribution is 5.27. The molecule has 0 amide bonds. The largest absolute Gasteiger partial charge is 0.497 e. The lowest BCUT2D eigenvalue weighted by Crippen LogP contribution is -2.38. The number of benzene rings is 1. The SMILES string of the molecule is CCN(Cc1ccc(OC)cc1)C1CCOCC1. The van der Waals surface area contributed by atoms with E-state index < -0.39 is 0 Å². The van der Waals surface area contributed by atoms with Crippen molar-refractivity contribution in [3.63, 3.8) is 0 Å². The molecule has 0 spiro atoms. The normalized spacial score (nSPS) is 17.1. The molecule has 0 atom stereocenters. The summed E-state index contributed by atoms with van der Waals surface area (Å²) in [4.78, 5) is 2.55. The third kappa shape index (κ3) is 3.47. The van der Waals surface area contributed by atoms with Crippen molar-refractivity contribution in [2.24, 2.45) is 0 Å². The maximum atomic E-state index is 5.43. The van der Waals surface area contributed by atoms with Crippen LogP contribution in [0, 0.1) is 0 Å². The van der Waals surface area contributed by atoms with Gasteiger partial charge in [0, 0.05) is 25.8 Å². The van der Waals surface area contributed by atoms with Crippen molar-refractivity contribution in [2.45, 2.75) is 32.4 Å². The van der Waals surface area contributed by atoms with Crippen LogP contribution in [-0.2, 0) is 11.3 Å². The highest BCUT2D eigenvalue weighted by atomic mass is 16.5. The topological polar surface area (TPSA) is 21.7 Å².